The lowest BCUT2D eigenvalue weighted by Crippen LogP contribution is -2.47. The molecule has 0 radical (unpaired) electrons. The highest BCUT2D eigenvalue weighted by Gasteiger charge is 2.44. The van der Waals surface area contributed by atoms with Gasteiger partial charge in [0.1, 0.15) is 5.75 Å². The Balaban J connectivity index is 3.05. The molecule has 4 nitrogen and oxygen atoms in total. The van der Waals surface area contributed by atoms with Crippen LogP contribution >= 0.6 is 0 Å². The standard InChI is InChI=1S/C11H13F3N2O2/c1-6(15)9(11(12,13)14)18-8-5-3-2-4-7(8)10(16)17/h2-6,9H,15H2,1H3,(H2,16,17). The average molecular weight is 262 g/mol. The zero-order chi connectivity index (χ0) is 13.9. The summed E-state index contributed by atoms with van der Waals surface area (Å²) in [6.07, 6.45) is -6.82. The number of hydrogen-bond acceptors (Lipinski definition) is 3. The van der Waals surface area contributed by atoms with E-state index in [0.29, 0.717) is 0 Å². The molecule has 0 bridgehead atoms. The second-order valence-corrected chi connectivity index (χ2v) is 3.80. The molecule has 1 aromatic rings. The first-order chi connectivity index (χ1) is 8.23. The van der Waals surface area contributed by atoms with Gasteiger partial charge in [-0.25, -0.2) is 0 Å². The Hall–Kier alpha value is -1.76. The first-order valence-electron chi connectivity index (χ1n) is 5.11. The number of amides is 1. The molecule has 0 spiro atoms. The number of primary amides is 1. The number of benzene rings is 1. The Morgan fingerprint density at radius 2 is 1.89 bits per heavy atom. The van der Waals surface area contributed by atoms with Gasteiger partial charge in [0.05, 0.1) is 5.56 Å². The van der Waals surface area contributed by atoms with Crippen LogP contribution in [0, 0.1) is 0 Å². The lowest BCUT2D eigenvalue weighted by Gasteiger charge is -2.25. The van der Waals surface area contributed by atoms with Gasteiger partial charge in [0.15, 0.2) is 0 Å². The van der Waals surface area contributed by atoms with Crippen LogP contribution in [0.25, 0.3) is 0 Å². The Labute approximate surface area is 102 Å². The van der Waals surface area contributed by atoms with Crippen LogP contribution in [-0.2, 0) is 0 Å². The summed E-state index contributed by atoms with van der Waals surface area (Å²) in [7, 11) is 0. The first kappa shape index (κ1) is 14.3. The number of alkyl halides is 3. The molecule has 1 rings (SSSR count). The average Bonchev–Trinajstić information content (AvgIpc) is 2.24. The van der Waals surface area contributed by atoms with Crippen molar-refractivity contribution in [2.75, 3.05) is 0 Å². The maximum atomic E-state index is 12.7. The number of carbonyl (C=O) groups excluding carboxylic acids is 1. The maximum Gasteiger partial charge on any atom is 0.426 e. The SMILES string of the molecule is CC(N)C(Oc1ccccc1C(N)=O)C(F)(F)F. The molecule has 18 heavy (non-hydrogen) atoms. The van der Waals surface area contributed by atoms with Crippen molar-refractivity contribution in [2.24, 2.45) is 11.5 Å². The third kappa shape index (κ3) is 3.36. The Kier molecular flexibility index (Phi) is 4.18. The fourth-order valence-electron chi connectivity index (χ4n) is 1.38. The van der Waals surface area contributed by atoms with Gasteiger partial charge in [-0.1, -0.05) is 12.1 Å². The molecule has 0 heterocycles. The molecule has 2 unspecified atom stereocenters. The molecule has 0 aromatic heterocycles. The summed E-state index contributed by atoms with van der Waals surface area (Å²) < 4.78 is 42.8. The number of ether oxygens (including phenoxy) is 1. The summed E-state index contributed by atoms with van der Waals surface area (Å²) in [5.41, 5.74) is 10.2. The van der Waals surface area contributed by atoms with Crippen LogP contribution in [0.3, 0.4) is 0 Å². The molecular weight excluding hydrogens is 249 g/mol. The third-order valence-corrected chi connectivity index (χ3v) is 2.21. The van der Waals surface area contributed by atoms with Crippen molar-refractivity contribution >= 4 is 5.91 Å². The highest BCUT2D eigenvalue weighted by Crippen LogP contribution is 2.28. The molecule has 0 aliphatic carbocycles. The molecule has 2 atom stereocenters. The van der Waals surface area contributed by atoms with Gasteiger partial charge in [0, 0.05) is 6.04 Å². The van der Waals surface area contributed by atoms with E-state index in [4.69, 9.17) is 16.2 Å². The van der Waals surface area contributed by atoms with Crippen molar-refractivity contribution in [2.45, 2.75) is 25.2 Å². The molecule has 0 saturated heterocycles. The van der Waals surface area contributed by atoms with Gasteiger partial charge in [0.2, 0.25) is 6.10 Å². The number of rotatable bonds is 4. The molecule has 1 amide bonds. The predicted molar refractivity (Wildman–Crippen MR) is 59.1 cm³/mol. The highest BCUT2D eigenvalue weighted by atomic mass is 19.4. The monoisotopic (exact) mass is 262 g/mol. The molecule has 7 heteroatoms. The fraction of sp³-hybridized carbons (Fsp3) is 0.364. The summed E-state index contributed by atoms with van der Waals surface area (Å²) in [5, 5.41) is 0. The maximum absolute atomic E-state index is 12.7. The van der Waals surface area contributed by atoms with E-state index in [9.17, 15) is 18.0 Å². The minimum atomic E-state index is -4.63. The fourth-order valence-corrected chi connectivity index (χ4v) is 1.38. The van der Waals surface area contributed by atoms with E-state index >= 15 is 0 Å². The molecule has 1 aromatic carbocycles. The second kappa shape index (κ2) is 5.26. The van der Waals surface area contributed by atoms with Crippen LogP contribution in [0.1, 0.15) is 17.3 Å². The molecule has 100 valence electrons. The van der Waals surface area contributed by atoms with Crippen LogP contribution in [0.15, 0.2) is 24.3 Å². The van der Waals surface area contributed by atoms with E-state index in [-0.39, 0.29) is 11.3 Å². The van der Waals surface area contributed by atoms with Gasteiger partial charge < -0.3 is 16.2 Å². The van der Waals surface area contributed by atoms with Crippen molar-refractivity contribution in [1.29, 1.82) is 0 Å². The minimum Gasteiger partial charge on any atom is -0.478 e. The van der Waals surface area contributed by atoms with Crippen LogP contribution in [0.2, 0.25) is 0 Å². The number of halogens is 3. The van der Waals surface area contributed by atoms with Gasteiger partial charge in [-0.2, -0.15) is 13.2 Å². The van der Waals surface area contributed by atoms with E-state index in [1.54, 1.807) is 0 Å². The highest BCUT2D eigenvalue weighted by molar-refractivity contribution is 5.95. The number of para-hydroxylation sites is 1. The summed E-state index contributed by atoms with van der Waals surface area (Å²) in [6.45, 7) is 1.17. The van der Waals surface area contributed by atoms with E-state index in [0.717, 1.165) is 0 Å². The summed E-state index contributed by atoms with van der Waals surface area (Å²) in [6, 6.07) is 4.16. The van der Waals surface area contributed by atoms with Crippen molar-refractivity contribution in [1.82, 2.24) is 0 Å². The van der Waals surface area contributed by atoms with E-state index in [2.05, 4.69) is 0 Å². The molecular formula is C11H13F3N2O2. The molecule has 0 aliphatic heterocycles. The van der Waals surface area contributed by atoms with Gasteiger partial charge in [-0.3, -0.25) is 4.79 Å². The van der Waals surface area contributed by atoms with Gasteiger partial charge in [-0.05, 0) is 19.1 Å². The van der Waals surface area contributed by atoms with Crippen LogP contribution in [0.4, 0.5) is 13.2 Å². The van der Waals surface area contributed by atoms with Crippen LogP contribution < -0.4 is 16.2 Å². The summed E-state index contributed by atoms with van der Waals surface area (Å²) >= 11 is 0. The largest absolute Gasteiger partial charge is 0.478 e. The normalized spacial score (nSPS) is 14.9. The van der Waals surface area contributed by atoms with E-state index in [1.807, 2.05) is 0 Å². The molecule has 0 aliphatic rings. The van der Waals surface area contributed by atoms with Crippen molar-refractivity contribution < 1.29 is 22.7 Å². The lowest BCUT2D eigenvalue weighted by molar-refractivity contribution is -0.199. The minimum absolute atomic E-state index is 0.118. The molecule has 4 N–H and O–H groups in total. The van der Waals surface area contributed by atoms with E-state index in [1.165, 1.54) is 31.2 Å². The second-order valence-electron chi connectivity index (χ2n) is 3.80. The molecule has 0 fully saturated rings. The molecule has 0 saturated carbocycles. The quantitative estimate of drug-likeness (QED) is 0.861. The number of carbonyl (C=O) groups is 1. The van der Waals surface area contributed by atoms with Crippen molar-refractivity contribution in [3.63, 3.8) is 0 Å². The van der Waals surface area contributed by atoms with Crippen molar-refractivity contribution in [3.05, 3.63) is 29.8 Å². The predicted octanol–water partition coefficient (Wildman–Crippen LogP) is 1.44. The van der Waals surface area contributed by atoms with Crippen molar-refractivity contribution in [3.8, 4) is 5.75 Å². The van der Waals surface area contributed by atoms with Gasteiger partial charge in [-0.15, -0.1) is 0 Å². The first-order valence-corrected chi connectivity index (χ1v) is 5.11. The van der Waals surface area contributed by atoms with E-state index < -0.39 is 24.2 Å². The van der Waals surface area contributed by atoms with Crippen LogP contribution in [-0.4, -0.2) is 24.2 Å². The Morgan fingerprint density at radius 1 is 1.33 bits per heavy atom. The zero-order valence-corrected chi connectivity index (χ0v) is 9.57. The number of hydrogen-bond donors (Lipinski definition) is 2. The smallest absolute Gasteiger partial charge is 0.426 e. The zero-order valence-electron chi connectivity index (χ0n) is 9.57. The van der Waals surface area contributed by atoms with Gasteiger partial charge in [0.25, 0.3) is 5.91 Å². The summed E-state index contributed by atoms with van der Waals surface area (Å²) in [5.74, 6) is -1.10. The Morgan fingerprint density at radius 3 is 2.33 bits per heavy atom. The summed E-state index contributed by atoms with van der Waals surface area (Å²) in [4.78, 5) is 11.1. The number of nitrogens with two attached hydrogens (primary N) is 2. The third-order valence-electron chi connectivity index (χ3n) is 2.21. The lowest BCUT2D eigenvalue weighted by atomic mass is 10.1. The van der Waals surface area contributed by atoms with Gasteiger partial charge >= 0.3 is 6.18 Å². The topological polar surface area (TPSA) is 78.3 Å². The van der Waals surface area contributed by atoms with Crippen LogP contribution in [0.5, 0.6) is 5.75 Å². The Bertz CT molecular complexity index is 433.